The molecular formula is C32H34O8. The Kier molecular flexibility index (Phi) is 8.79. The van der Waals surface area contributed by atoms with E-state index in [0.29, 0.717) is 59.8 Å². The lowest BCUT2D eigenvalue weighted by molar-refractivity contribution is 0.354. The summed E-state index contributed by atoms with van der Waals surface area (Å²) in [6, 6.07) is 17.4. The van der Waals surface area contributed by atoms with Crippen molar-refractivity contribution in [1.29, 1.82) is 0 Å². The minimum Gasteiger partial charge on any atom is -0.504 e. The SMILES string of the molecule is COc1ccc(CCc2cc(O)c(O)cc2-c2cc(O)c(O)cc2CCc2ccc(OC)c(OC)c2)cc1OC. The molecule has 0 radical (unpaired) electrons. The minimum absolute atomic E-state index is 0.235. The molecule has 4 N–H and O–H groups in total. The van der Waals surface area contributed by atoms with Gasteiger partial charge in [0, 0.05) is 0 Å². The molecule has 210 valence electrons. The highest BCUT2D eigenvalue weighted by Gasteiger charge is 2.18. The Bertz CT molecular complexity index is 1380. The number of aryl methyl sites for hydroxylation is 4. The Morgan fingerprint density at radius 1 is 0.425 bits per heavy atom. The molecule has 0 heterocycles. The van der Waals surface area contributed by atoms with Gasteiger partial charge in [-0.15, -0.1) is 0 Å². The Labute approximate surface area is 233 Å². The molecule has 8 heteroatoms. The largest absolute Gasteiger partial charge is 0.504 e. The van der Waals surface area contributed by atoms with Gasteiger partial charge in [0.05, 0.1) is 28.4 Å². The van der Waals surface area contributed by atoms with Crippen LogP contribution in [-0.4, -0.2) is 48.9 Å². The van der Waals surface area contributed by atoms with Crippen LogP contribution in [0.5, 0.6) is 46.0 Å². The molecule has 0 aliphatic heterocycles. The number of methoxy groups -OCH3 is 4. The van der Waals surface area contributed by atoms with Gasteiger partial charge in [-0.25, -0.2) is 0 Å². The number of hydrogen-bond acceptors (Lipinski definition) is 8. The van der Waals surface area contributed by atoms with E-state index in [-0.39, 0.29) is 23.0 Å². The van der Waals surface area contributed by atoms with E-state index in [1.165, 1.54) is 24.3 Å². The summed E-state index contributed by atoms with van der Waals surface area (Å²) in [5.74, 6) is 1.48. The number of aromatic hydroxyl groups is 4. The fraction of sp³-hybridized carbons (Fsp3) is 0.250. The van der Waals surface area contributed by atoms with Gasteiger partial charge in [0.2, 0.25) is 0 Å². The first-order chi connectivity index (χ1) is 19.3. The summed E-state index contributed by atoms with van der Waals surface area (Å²) in [5, 5.41) is 41.5. The maximum absolute atomic E-state index is 10.4. The second-order valence-electron chi connectivity index (χ2n) is 9.37. The van der Waals surface area contributed by atoms with Crippen LogP contribution in [0.4, 0.5) is 0 Å². The fourth-order valence-electron chi connectivity index (χ4n) is 4.79. The van der Waals surface area contributed by atoms with Crippen LogP contribution < -0.4 is 18.9 Å². The fourth-order valence-corrected chi connectivity index (χ4v) is 4.79. The Hall–Kier alpha value is -4.72. The zero-order valence-corrected chi connectivity index (χ0v) is 23.0. The average molecular weight is 547 g/mol. The van der Waals surface area contributed by atoms with E-state index < -0.39 is 0 Å². The lowest BCUT2D eigenvalue weighted by Crippen LogP contribution is -2.00. The first-order valence-electron chi connectivity index (χ1n) is 12.8. The van der Waals surface area contributed by atoms with Crippen molar-refractivity contribution in [1.82, 2.24) is 0 Å². The van der Waals surface area contributed by atoms with E-state index in [4.69, 9.17) is 18.9 Å². The van der Waals surface area contributed by atoms with Crippen molar-refractivity contribution in [3.8, 4) is 57.1 Å². The van der Waals surface area contributed by atoms with E-state index in [1.54, 1.807) is 28.4 Å². The second-order valence-corrected chi connectivity index (χ2v) is 9.37. The maximum atomic E-state index is 10.4. The maximum Gasteiger partial charge on any atom is 0.160 e. The second kappa shape index (κ2) is 12.4. The Morgan fingerprint density at radius 2 is 0.775 bits per heavy atom. The van der Waals surface area contributed by atoms with E-state index in [1.807, 2.05) is 36.4 Å². The third-order valence-corrected chi connectivity index (χ3v) is 6.95. The molecule has 0 fully saturated rings. The summed E-state index contributed by atoms with van der Waals surface area (Å²) in [6.45, 7) is 0. The van der Waals surface area contributed by atoms with Crippen LogP contribution in [0.15, 0.2) is 60.7 Å². The van der Waals surface area contributed by atoms with E-state index >= 15 is 0 Å². The van der Waals surface area contributed by atoms with Crippen molar-refractivity contribution < 1.29 is 39.4 Å². The number of rotatable bonds is 11. The highest BCUT2D eigenvalue weighted by atomic mass is 16.5. The lowest BCUT2D eigenvalue weighted by atomic mass is 9.89. The summed E-state index contributed by atoms with van der Waals surface area (Å²) in [4.78, 5) is 0. The molecule has 0 amide bonds. The summed E-state index contributed by atoms with van der Waals surface area (Å²) in [7, 11) is 6.33. The monoisotopic (exact) mass is 546 g/mol. The van der Waals surface area contributed by atoms with Crippen LogP contribution in [0.1, 0.15) is 22.3 Å². The summed E-state index contributed by atoms with van der Waals surface area (Å²) < 4.78 is 21.5. The molecule has 4 aromatic carbocycles. The third-order valence-electron chi connectivity index (χ3n) is 6.95. The van der Waals surface area contributed by atoms with Gasteiger partial charge < -0.3 is 39.4 Å². The lowest BCUT2D eigenvalue weighted by Gasteiger charge is -2.17. The molecule has 0 aliphatic rings. The van der Waals surface area contributed by atoms with Gasteiger partial charge in [0.15, 0.2) is 46.0 Å². The van der Waals surface area contributed by atoms with Gasteiger partial charge in [0.25, 0.3) is 0 Å². The first-order valence-corrected chi connectivity index (χ1v) is 12.8. The van der Waals surface area contributed by atoms with Crippen LogP contribution in [0.2, 0.25) is 0 Å². The third kappa shape index (κ3) is 6.12. The van der Waals surface area contributed by atoms with Crippen molar-refractivity contribution >= 4 is 0 Å². The standard InChI is InChI=1S/C32H34O8/c1-37-29-11-7-19(13-31(29)39-3)5-9-21-15-25(33)27(35)17-23(21)24-18-28(36)26(34)16-22(24)10-6-20-8-12-30(38-2)32(14-20)40-4/h7-8,11-18,33-36H,5-6,9-10H2,1-4H3. The van der Waals surface area contributed by atoms with Crippen molar-refractivity contribution in [3.63, 3.8) is 0 Å². The molecule has 0 atom stereocenters. The molecule has 0 spiro atoms. The highest BCUT2D eigenvalue weighted by Crippen LogP contribution is 2.41. The molecule has 4 aromatic rings. The van der Waals surface area contributed by atoms with Crippen LogP contribution in [-0.2, 0) is 25.7 Å². The van der Waals surface area contributed by atoms with Crippen LogP contribution in [0.3, 0.4) is 0 Å². The van der Waals surface area contributed by atoms with Crippen molar-refractivity contribution in [2.75, 3.05) is 28.4 Å². The van der Waals surface area contributed by atoms with Crippen LogP contribution >= 0.6 is 0 Å². The summed E-state index contributed by atoms with van der Waals surface area (Å²) in [6.07, 6.45) is 2.27. The molecule has 0 aromatic heterocycles. The zero-order valence-electron chi connectivity index (χ0n) is 23.0. The smallest absolute Gasteiger partial charge is 0.160 e. The molecule has 0 bridgehead atoms. The average Bonchev–Trinajstić information content (AvgIpc) is 2.97. The van der Waals surface area contributed by atoms with Gasteiger partial charge in [-0.1, -0.05) is 12.1 Å². The van der Waals surface area contributed by atoms with E-state index in [0.717, 1.165) is 22.3 Å². The number of benzene rings is 4. The van der Waals surface area contributed by atoms with Gasteiger partial charge in [-0.2, -0.15) is 0 Å². The van der Waals surface area contributed by atoms with Crippen LogP contribution in [0, 0.1) is 0 Å². The number of ether oxygens (including phenoxy) is 4. The Morgan fingerprint density at radius 3 is 1.12 bits per heavy atom. The molecule has 8 nitrogen and oxygen atoms in total. The quantitative estimate of drug-likeness (QED) is 0.175. The molecule has 4 rings (SSSR count). The number of phenolic OH excluding ortho intramolecular Hbond substituents is 4. The van der Waals surface area contributed by atoms with E-state index in [9.17, 15) is 20.4 Å². The van der Waals surface area contributed by atoms with Gasteiger partial charge in [-0.05, 0) is 108 Å². The molecule has 0 unspecified atom stereocenters. The number of hydrogen-bond donors (Lipinski definition) is 4. The molecule has 0 aliphatic carbocycles. The molecule has 40 heavy (non-hydrogen) atoms. The predicted molar refractivity (Wildman–Crippen MR) is 152 cm³/mol. The topological polar surface area (TPSA) is 118 Å². The highest BCUT2D eigenvalue weighted by molar-refractivity contribution is 5.76. The van der Waals surface area contributed by atoms with E-state index in [2.05, 4.69) is 0 Å². The normalized spacial score (nSPS) is 10.8. The zero-order chi connectivity index (χ0) is 28.8. The van der Waals surface area contributed by atoms with Gasteiger partial charge >= 0.3 is 0 Å². The molecule has 0 saturated heterocycles. The minimum atomic E-state index is -0.275. The van der Waals surface area contributed by atoms with Crippen LogP contribution in [0.25, 0.3) is 11.1 Å². The van der Waals surface area contributed by atoms with Gasteiger partial charge in [-0.3, -0.25) is 0 Å². The van der Waals surface area contributed by atoms with Crippen molar-refractivity contribution in [2.45, 2.75) is 25.7 Å². The summed E-state index contributed by atoms with van der Waals surface area (Å²) >= 11 is 0. The Balaban J connectivity index is 1.69. The molecule has 0 saturated carbocycles. The van der Waals surface area contributed by atoms with Crippen molar-refractivity contribution in [3.05, 3.63) is 82.9 Å². The summed E-state index contributed by atoms with van der Waals surface area (Å²) in [5.41, 5.74) is 4.82. The van der Waals surface area contributed by atoms with Gasteiger partial charge in [0.1, 0.15) is 0 Å². The molecular weight excluding hydrogens is 512 g/mol. The first kappa shape index (κ1) is 28.3. The van der Waals surface area contributed by atoms with Crippen molar-refractivity contribution in [2.24, 2.45) is 0 Å². The number of phenols is 4. The predicted octanol–water partition coefficient (Wildman–Crippen LogP) is 5.78.